The van der Waals surface area contributed by atoms with Crippen LogP contribution in [0.25, 0.3) is 0 Å². The van der Waals surface area contributed by atoms with Gasteiger partial charge in [-0.05, 0) is 18.9 Å². The third-order valence-electron chi connectivity index (χ3n) is 2.40. The third kappa shape index (κ3) is 3.16. The normalized spacial score (nSPS) is 12.7. The zero-order valence-electron chi connectivity index (χ0n) is 9.56. The van der Waals surface area contributed by atoms with Crippen molar-refractivity contribution in [1.29, 1.82) is 0 Å². The number of ether oxygens (including phenoxy) is 1. The van der Waals surface area contributed by atoms with Crippen molar-refractivity contribution in [2.45, 2.75) is 39.3 Å². The average molecular weight is 210 g/mol. The van der Waals surface area contributed by atoms with E-state index in [1.54, 1.807) is 13.3 Å². The third-order valence-corrected chi connectivity index (χ3v) is 2.40. The molecule has 1 unspecified atom stereocenters. The van der Waals surface area contributed by atoms with Gasteiger partial charge in [0.15, 0.2) is 5.78 Å². The average Bonchev–Trinajstić information content (AvgIpc) is 2.67. The Morgan fingerprint density at radius 1 is 1.60 bits per heavy atom. The SMILES string of the molecule is CCC(OC)C(=O)Cc1cnn(CC)c1. The van der Waals surface area contributed by atoms with Crippen LogP contribution in [-0.4, -0.2) is 28.8 Å². The first-order chi connectivity index (χ1) is 7.21. The number of hydrogen-bond donors (Lipinski definition) is 0. The Morgan fingerprint density at radius 2 is 2.33 bits per heavy atom. The van der Waals surface area contributed by atoms with Gasteiger partial charge in [-0.25, -0.2) is 0 Å². The summed E-state index contributed by atoms with van der Waals surface area (Å²) >= 11 is 0. The van der Waals surface area contributed by atoms with Gasteiger partial charge in [0.1, 0.15) is 6.10 Å². The van der Waals surface area contributed by atoms with Crippen LogP contribution in [0, 0.1) is 0 Å². The van der Waals surface area contributed by atoms with Gasteiger partial charge in [-0.1, -0.05) is 6.92 Å². The van der Waals surface area contributed by atoms with Gasteiger partial charge in [-0.3, -0.25) is 9.48 Å². The van der Waals surface area contributed by atoms with Crippen LogP contribution in [0.4, 0.5) is 0 Å². The fourth-order valence-electron chi connectivity index (χ4n) is 1.51. The summed E-state index contributed by atoms with van der Waals surface area (Å²) in [5, 5.41) is 4.12. The molecule has 4 heteroatoms. The minimum absolute atomic E-state index is 0.121. The summed E-state index contributed by atoms with van der Waals surface area (Å²) in [6.07, 6.45) is 4.49. The number of nitrogens with zero attached hydrogens (tertiary/aromatic N) is 2. The lowest BCUT2D eigenvalue weighted by atomic mass is 10.1. The number of ketones is 1. The van der Waals surface area contributed by atoms with E-state index in [4.69, 9.17) is 4.74 Å². The molecule has 1 atom stereocenters. The monoisotopic (exact) mass is 210 g/mol. The van der Waals surface area contributed by atoms with E-state index in [0.29, 0.717) is 6.42 Å². The second-order valence-corrected chi connectivity index (χ2v) is 3.48. The number of carbonyl (C=O) groups is 1. The topological polar surface area (TPSA) is 44.1 Å². The minimum Gasteiger partial charge on any atom is -0.374 e. The second kappa shape index (κ2) is 5.66. The lowest BCUT2D eigenvalue weighted by Gasteiger charge is -2.10. The van der Waals surface area contributed by atoms with Crippen molar-refractivity contribution < 1.29 is 9.53 Å². The van der Waals surface area contributed by atoms with Crippen molar-refractivity contribution >= 4 is 5.78 Å². The van der Waals surface area contributed by atoms with Crippen molar-refractivity contribution in [3.63, 3.8) is 0 Å². The summed E-state index contributed by atoms with van der Waals surface area (Å²) in [6, 6.07) is 0. The largest absolute Gasteiger partial charge is 0.374 e. The van der Waals surface area contributed by atoms with E-state index in [1.165, 1.54) is 0 Å². The lowest BCUT2D eigenvalue weighted by Crippen LogP contribution is -2.23. The maximum atomic E-state index is 11.7. The smallest absolute Gasteiger partial charge is 0.165 e. The Balaban J connectivity index is 2.57. The van der Waals surface area contributed by atoms with Crippen LogP contribution in [0.1, 0.15) is 25.8 Å². The van der Waals surface area contributed by atoms with Crippen molar-refractivity contribution in [2.24, 2.45) is 0 Å². The summed E-state index contributed by atoms with van der Waals surface area (Å²) in [5.74, 6) is 0.121. The molecule has 1 aromatic rings. The van der Waals surface area contributed by atoms with Crippen molar-refractivity contribution in [2.75, 3.05) is 7.11 Å². The maximum Gasteiger partial charge on any atom is 0.165 e. The molecule has 0 saturated carbocycles. The minimum atomic E-state index is -0.282. The van der Waals surface area contributed by atoms with E-state index in [0.717, 1.165) is 18.5 Å². The van der Waals surface area contributed by atoms with Crippen LogP contribution in [0.5, 0.6) is 0 Å². The molecular formula is C11H18N2O2. The number of aryl methyl sites for hydroxylation is 1. The van der Waals surface area contributed by atoms with Crippen LogP contribution >= 0.6 is 0 Å². The van der Waals surface area contributed by atoms with Gasteiger partial charge < -0.3 is 4.74 Å². The van der Waals surface area contributed by atoms with Gasteiger partial charge in [0.2, 0.25) is 0 Å². The number of Topliss-reactive ketones (excluding diaryl/α,β-unsaturated/α-hetero) is 1. The summed E-state index contributed by atoms with van der Waals surface area (Å²) in [4.78, 5) is 11.7. The Morgan fingerprint density at radius 3 is 2.80 bits per heavy atom. The van der Waals surface area contributed by atoms with Gasteiger partial charge in [0.25, 0.3) is 0 Å². The molecule has 0 bridgehead atoms. The summed E-state index contributed by atoms with van der Waals surface area (Å²) in [6.45, 7) is 4.79. The highest BCUT2D eigenvalue weighted by atomic mass is 16.5. The molecule has 84 valence electrons. The second-order valence-electron chi connectivity index (χ2n) is 3.48. The van der Waals surface area contributed by atoms with Crippen LogP contribution < -0.4 is 0 Å². The fraction of sp³-hybridized carbons (Fsp3) is 0.636. The van der Waals surface area contributed by atoms with Crippen LogP contribution in [0.3, 0.4) is 0 Å². The van der Waals surface area contributed by atoms with Crippen LogP contribution in [0.15, 0.2) is 12.4 Å². The molecule has 4 nitrogen and oxygen atoms in total. The number of carbonyl (C=O) groups excluding carboxylic acids is 1. The number of aromatic nitrogens is 2. The van der Waals surface area contributed by atoms with Crippen LogP contribution in [0.2, 0.25) is 0 Å². The van der Waals surface area contributed by atoms with E-state index in [-0.39, 0.29) is 11.9 Å². The fourth-order valence-corrected chi connectivity index (χ4v) is 1.51. The molecule has 0 aliphatic carbocycles. The van der Waals surface area contributed by atoms with Gasteiger partial charge in [0.05, 0.1) is 6.20 Å². The first kappa shape index (κ1) is 11.9. The number of methoxy groups -OCH3 is 1. The van der Waals surface area contributed by atoms with Gasteiger partial charge in [0, 0.05) is 26.3 Å². The first-order valence-electron chi connectivity index (χ1n) is 5.28. The molecule has 0 spiro atoms. The molecule has 15 heavy (non-hydrogen) atoms. The van der Waals surface area contributed by atoms with E-state index >= 15 is 0 Å². The summed E-state index contributed by atoms with van der Waals surface area (Å²) < 4.78 is 6.91. The highest BCUT2D eigenvalue weighted by Crippen LogP contribution is 2.05. The van der Waals surface area contributed by atoms with Gasteiger partial charge in [-0.15, -0.1) is 0 Å². The van der Waals surface area contributed by atoms with E-state index in [9.17, 15) is 4.79 Å². The predicted octanol–water partition coefficient (Wildman–Crippen LogP) is 1.44. The van der Waals surface area contributed by atoms with Crippen LogP contribution in [-0.2, 0) is 22.5 Å². The summed E-state index contributed by atoms with van der Waals surface area (Å²) in [5.41, 5.74) is 0.956. The van der Waals surface area contributed by atoms with E-state index in [2.05, 4.69) is 5.10 Å². The molecule has 1 rings (SSSR count). The standard InChI is InChI=1S/C11H18N2O2/c1-4-11(15-3)10(14)6-9-7-12-13(5-2)8-9/h7-8,11H,4-6H2,1-3H3. The quantitative estimate of drug-likeness (QED) is 0.713. The zero-order chi connectivity index (χ0) is 11.3. The number of rotatable bonds is 6. The zero-order valence-corrected chi connectivity index (χ0v) is 9.56. The Kier molecular flexibility index (Phi) is 4.49. The van der Waals surface area contributed by atoms with Gasteiger partial charge >= 0.3 is 0 Å². The molecule has 1 heterocycles. The molecule has 0 fully saturated rings. The Hall–Kier alpha value is -1.16. The van der Waals surface area contributed by atoms with Crippen molar-refractivity contribution in [3.8, 4) is 0 Å². The molecule has 0 amide bonds. The summed E-state index contributed by atoms with van der Waals surface area (Å²) in [7, 11) is 1.57. The van der Waals surface area contributed by atoms with Crippen molar-refractivity contribution in [1.82, 2.24) is 9.78 Å². The Bertz CT molecular complexity index is 316. The molecule has 0 aliphatic heterocycles. The lowest BCUT2D eigenvalue weighted by molar-refractivity contribution is -0.128. The maximum absolute atomic E-state index is 11.7. The number of hydrogen-bond acceptors (Lipinski definition) is 3. The molecular weight excluding hydrogens is 192 g/mol. The predicted molar refractivity (Wildman–Crippen MR) is 57.7 cm³/mol. The molecule has 0 aromatic carbocycles. The first-order valence-corrected chi connectivity index (χ1v) is 5.28. The molecule has 1 aromatic heterocycles. The van der Waals surface area contributed by atoms with E-state index in [1.807, 2.05) is 24.7 Å². The molecule has 0 saturated heterocycles. The highest BCUT2D eigenvalue weighted by molar-refractivity contribution is 5.85. The Labute approximate surface area is 90.2 Å². The molecule has 0 aliphatic rings. The molecule has 0 N–H and O–H groups in total. The van der Waals surface area contributed by atoms with Crippen molar-refractivity contribution in [3.05, 3.63) is 18.0 Å². The highest BCUT2D eigenvalue weighted by Gasteiger charge is 2.16. The molecule has 0 radical (unpaired) electrons. The van der Waals surface area contributed by atoms with E-state index < -0.39 is 0 Å². The van der Waals surface area contributed by atoms with Gasteiger partial charge in [-0.2, -0.15) is 5.10 Å².